The number of carbonyl (C=O) groups excluding carboxylic acids is 1. The second kappa shape index (κ2) is 9.18. The van der Waals surface area contributed by atoms with Gasteiger partial charge < -0.3 is 15.1 Å². The number of nitrogens with zero attached hydrogens (tertiary/aromatic N) is 5. The molecule has 1 aliphatic rings. The lowest BCUT2D eigenvalue weighted by atomic mass is 10.2. The Morgan fingerprint density at radius 1 is 1.12 bits per heavy atom. The third-order valence-electron chi connectivity index (χ3n) is 5.45. The molecule has 0 unspecified atom stereocenters. The molecule has 11 heteroatoms. The van der Waals surface area contributed by atoms with Crippen LogP contribution in [0.5, 0.6) is 0 Å². The molecule has 1 saturated heterocycles. The Labute approximate surface area is 187 Å². The van der Waals surface area contributed by atoms with E-state index in [1.54, 1.807) is 18.3 Å². The molecular formula is C22H22F4N6O. The molecule has 3 aromatic rings. The van der Waals surface area contributed by atoms with Crippen LogP contribution in [0.25, 0.3) is 5.69 Å². The number of likely N-dealkylation sites (N-methyl/N-ethyl adjacent to an activating group) is 1. The number of alkyl halides is 3. The lowest BCUT2D eigenvalue weighted by Crippen LogP contribution is -2.44. The number of hydrogen-bond acceptors (Lipinski definition) is 5. The molecule has 3 heterocycles. The molecule has 1 amide bonds. The Hall–Kier alpha value is -3.47. The van der Waals surface area contributed by atoms with Crippen LogP contribution in [0, 0.1) is 5.82 Å². The van der Waals surface area contributed by atoms with Crippen molar-refractivity contribution in [1.29, 1.82) is 0 Å². The van der Waals surface area contributed by atoms with Gasteiger partial charge >= 0.3 is 6.18 Å². The van der Waals surface area contributed by atoms with Gasteiger partial charge in [0.1, 0.15) is 17.3 Å². The van der Waals surface area contributed by atoms with Crippen LogP contribution in [-0.4, -0.2) is 58.8 Å². The van der Waals surface area contributed by atoms with E-state index in [0.717, 1.165) is 50.3 Å². The van der Waals surface area contributed by atoms with Crippen molar-refractivity contribution < 1.29 is 22.4 Å². The van der Waals surface area contributed by atoms with Crippen molar-refractivity contribution in [2.45, 2.75) is 12.7 Å². The number of aromatic nitrogens is 3. The number of amides is 1. The monoisotopic (exact) mass is 462 g/mol. The van der Waals surface area contributed by atoms with E-state index in [0.29, 0.717) is 10.2 Å². The summed E-state index contributed by atoms with van der Waals surface area (Å²) in [5.41, 5.74) is -1.71. The Balaban J connectivity index is 1.53. The minimum Gasteiger partial charge on any atom is -0.354 e. The summed E-state index contributed by atoms with van der Waals surface area (Å²) in [6.45, 7) is 3.42. The van der Waals surface area contributed by atoms with Gasteiger partial charge in [0, 0.05) is 38.9 Å². The van der Waals surface area contributed by atoms with Crippen molar-refractivity contribution in [2.75, 3.05) is 38.1 Å². The van der Waals surface area contributed by atoms with Crippen LogP contribution >= 0.6 is 0 Å². The Kier molecular flexibility index (Phi) is 6.32. The maximum atomic E-state index is 14.1. The van der Waals surface area contributed by atoms with E-state index in [1.807, 2.05) is 7.05 Å². The SMILES string of the molecule is CN1CCN(c2cc(CNC(=O)c3cnn(-c4ccccc4F)c3C(F)(F)F)ccn2)CC1. The van der Waals surface area contributed by atoms with E-state index in [-0.39, 0.29) is 6.54 Å². The molecule has 7 nitrogen and oxygen atoms in total. The zero-order valence-electron chi connectivity index (χ0n) is 17.8. The van der Waals surface area contributed by atoms with E-state index >= 15 is 0 Å². The fourth-order valence-electron chi connectivity index (χ4n) is 3.65. The second-order valence-electron chi connectivity index (χ2n) is 7.76. The first-order valence-electron chi connectivity index (χ1n) is 10.3. The summed E-state index contributed by atoms with van der Waals surface area (Å²) in [7, 11) is 2.04. The lowest BCUT2D eigenvalue weighted by molar-refractivity contribution is -0.143. The first-order chi connectivity index (χ1) is 15.7. The van der Waals surface area contributed by atoms with Crippen molar-refractivity contribution >= 4 is 11.7 Å². The van der Waals surface area contributed by atoms with Gasteiger partial charge in [0.15, 0.2) is 5.69 Å². The summed E-state index contributed by atoms with van der Waals surface area (Å²) in [5, 5.41) is 6.15. The number of carbonyl (C=O) groups is 1. The highest BCUT2D eigenvalue weighted by atomic mass is 19.4. The number of hydrogen-bond donors (Lipinski definition) is 1. The van der Waals surface area contributed by atoms with Crippen LogP contribution in [0.4, 0.5) is 23.4 Å². The van der Waals surface area contributed by atoms with Crippen LogP contribution in [0.15, 0.2) is 48.8 Å². The van der Waals surface area contributed by atoms with E-state index < -0.39 is 34.8 Å². The smallest absolute Gasteiger partial charge is 0.354 e. The van der Waals surface area contributed by atoms with Crippen molar-refractivity contribution in [2.24, 2.45) is 0 Å². The number of pyridine rings is 1. The molecule has 4 rings (SSSR count). The van der Waals surface area contributed by atoms with Crippen LogP contribution in [0.3, 0.4) is 0 Å². The van der Waals surface area contributed by atoms with E-state index in [2.05, 4.69) is 25.2 Å². The highest BCUT2D eigenvalue weighted by molar-refractivity contribution is 5.95. The van der Waals surface area contributed by atoms with Crippen molar-refractivity contribution in [3.05, 3.63) is 71.4 Å². The molecule has 1 fully saturated rings. The summed E-state index contributed by atoms with van der Waals surface area (Å²) < 4.78 is 55.9. The number of halogens is 4. The topological polar surface area (TPSA) is 66.3 Å². The van der Waals surface area contributed by atoms with Gasteiger partial charge in [-0.05, 0) is 36.9 Å². The number of anilines is 1. The van der Waals surface area contributed by atoms with Gasteiger partial charge in [0.05, 0.1) is 11.8 Å². The molecule has 2 aromatic heterocycles. The van der Waals surface area contributed by atoms with Crippen LogP contribution in [-0.2, 0) is 12.7 Å². The minimum atomic E-state index is -4.92. The Bertz CT molecular complexity index is 1140. The Morgan fingerprint density at radius 2 is 1.85 bits per heavy atom. The number of rotatable bonds is 5. The summed E-state index contributed by atoms with van der Waals surface area (Å²) in [6, 6.07) is 8.43. The molecule has 0 atom stereocenters. The molecule has 0 saturated carbocycles. The first kappa shape index (κ1) is 22.7. The number of para-hydroxylation sites is 1. The molecule has 1 aliphatic heterocycles. The minimum absolute atomic E-state index is 0.00424. The summed E-state index contributed by atoms with van der Waals surface area (Å²) in [5.74, 6) is -1.09. The maximum absolute atomic E-state index is 14.1. The fraction of sp³-hybridized carbons (Fsp3) is 0.318. The molecule has 0 aliphatic carbocycles. The van der Waals surface area contributed by atoms with Gasteiger partial charge in [-0.15, -0.1) is 0 Å². The van der Waals surface area contributed by atoms with Crippen LogP contribution in [0.1, 0.15) is 21.6 Å². The van der Waals surface area contributed by atoms with E-state index in [9.17, 15) is 22.4 Å². The molecule has 0 bridgehead atoms. The van der Waals surface area contributed by atoms with Gasteiger partial charge in [-0.3, -0.25) is 4.79 Å². The third-order valence-corrected chi connectivity index (χ3v) is 5.45. The van der Waals surface area contributed by atoms with Crippen LogP contribution < -0.4 is 10.2 Å². The number of piperazine rings is 1. The zero-order valence-corrected chi connectivity index (χ0v) is 17.8. The van der Waals surface area contributed by atoms with Crippen LogP contribution in [0.2, 0.25) is 0 Å². The summed E-state index contributed by atoms with van der Waals surface area (Å²) >= 11 is 0. The predicted octanol–water partition coefficient (Wildman–Crippen LogP) is 3.11. The fourth-order valence-corrected chi connectivity index (χ4v) is 3.65. The Morgan fingerprint density at radius 3 is 2.55 bits per heavy atom. The molecule has 1 aromatic carbocycles. The van der Waals surface area contributed by atoms with Gasteiger partial charge in [-0.25, -0.2) is 14.1 Å². The maximum Gasteiger partial charge on any atom is 0.434 e. The molecule has 0 radical (unpaired) electrons. The summed E-state index contributed by atoms with van der Waals surface area (Å²) in [6.07, 6.45) is -2.52. The van der Waals surface area contributed by atoms with Gasteiger partial charge in [0.25, 0.3) is 5.91 Å². The largest absolute Gasteiger partial charge is 0.434 e. The van der Waals surface area contributed by atoms with Crippen molar-refractivity contribution in [1.82, 2.24) is 25.0 Å². The van der Waals surface area contributed by atoms with Crippen molar-refractivity contribution in [3.8, 4) is 5.69 Å². The summed E-state index contributed by atoms with van der Waals surface area (Å²) in [4.78, 5) is 21.3. The average Bonchev–Trinajstić information content (AvgIpc) is 3.24. The van der Waals surface area contributed by atoms with Crippen molar-refractivity contribution in [3.63, 3.8) is 0 Å². The highest BCUT2D eigenvalue weighted by Crippen LogP contribution is 2.34. The highest BCUT2D eigenvalue weighted by Gasteiger charge is 2.41. The average molecular weight is 462 g/mol. The normalized spacial score (nSPS) is 15.0. The third kappa shape index (κ3) is 4.98. The molecule has 1 N–H and O–H groups in total. The zero-order chi connectivity index (χ0) is 23.6. The number of benzene rings is 1. The molecular weight excluding hydrogens is 440 g/mol. The van der Waals surface area contributed by atoms with Gasteiger partial charge in [-0.1, -0.05) is 12.1 Å². The number of nitrogens with one attached hydrogen (secondary N) is 1. The first-order valence-corrected chi connectivity index (χ1v) is 10.3. The lowest BCUT2D eigenvalue weighted by Gasteiger charge is -2.33. The molecule has 174 valence electrons. The second-order valence-corrected chi connectivity index (χ2v) is 7.76. The van der Waals surface area contributed by atoms with Gasteiger partial charge in [-0.2, -0.15) is 18.3 Å². The molecule has 0 spiro atoms. The van der Waals surface area contributed by atoms with E-state index in [1.165, 1.54) is 12.1 Å². The van der Waals surface area contributed by atoms with Gasteiger partial charge in [0.2, 0.25) is 0 Å². The standard InChI is InChI=1S/C22H22F4N6O/c1-30-8-10-31(11-9-30)19-12-15(6-7-27-19)13-28-21(33)16-14-29-32(20(16)22(24,25)26)18-5-3-2-4-17(18)23/h2-7,12,14H,8-11,13H2,1H3,(H,28,33). The van der Waals surface area contributed by atoms with E-state index in [4.69, 9.17) is 0 Å². The molecule has 33 heavy (non-hydrogen) atoms. The predicted molar refractivity (Wildman–Crippen MR) is 114 cm³/mol. The quantitative estimate of drug-likeness (QED) is 0.591.